The number of aromatic nitrogens is 1. The van der Waals surface area contributed by atoms with E-state index >= 15 is 0 Å². The van der Waals surface area contributed by atoms with E-state index in [-0.39, 0.29) is 17.1 Å². The Kier molecular flexibility index (Phi) is 5.17. The molecule has 1 atom stereocenters. The smallest absolute Gasteiger partial charge is 0.257 e. The van der Waals surface area contributed by atoms with Gasteiger partial charge in [0.15, 0.2) is 5.13 Å². The molecule has 0 saturated heterocycles. The van der Waals surface area contributed by atoms with Crippen LogP contribution in [0.5, 0.6) is 0 Å². The number of nitrogens with zero attached hydrogens (tertiary/aromatic N) is 1. The highest BCUT2D eigenvalue weighted by Crippen LogP contribution is 2.39. The first-order valence-corrected chi connectivity index (χ1v) is 11.1. The molecular formula is C17H11Cl2N3O2S3. The van der Waals surface area contributed by atoms with E-state index in [4.69, 9.17) is 23.2 Å². The predicted molar refractivity (Wildman–Crippen MR) is 114 cm³/mol. The second-order valence-corrected chi connectivity index (χ2v) is 10.2. The van der Waals surface area contributed by atoms with Gasteiger partial charge in [0, 0.05) is 21.4 Å². The predicted octanol–water partition coefficient (Wildman–Crippen LogP) is 5.86. The number of fused-ring (bicyclic) bond motifs is 1. The van der Waals surface area contributed by atoms with Gasteiger partial charge in [-0.15, -0.1) is 34.4 Å². The highest BCUT2D eigenvalue weighted by Gasteiger charge is 2.24. The summed E-state index contributed by atoms with van der Waals surface area (Å²) in [7, 11) is 0. The first-order chi connectivity index (χ1) is 12.9. The molecule has 1 aromatic carbocycles. The molecule has 1 aliphatic heterocycles. The molecule has 2 N–H and O–H groups in total. The van der Waals surface area contributed by atoms with Crippen LogP contribution in [0, 0.1) is 0 Å². The third-order valence-corrected chi connectivity index (χ3v) is 7.25. The van der Waals surface area contributed by atoms with Gasteiger partial charge < -0.3 is 5.32 Å². The van der Waals surface area contributed by atoms with Crippen LogP contribution >= 0.6 is 57.6 Å². The Labute approximate surface area is 177 Å². The van der Waals surface area contributed by atoms with Crippen molar-refractivity contribution in [3.8, 4) is 11.3 Å². The number of thiazole rings is 1. The van der Waals surface area contributed by atoms with Crippen molar-refractivity contribution in [2.45, 2.75) is 17.1 Å². The van der Waals surface area contributed by atoms with Crippen molar-refractivity contribution in [3.05, 3.63) is 43.9 Å². The van der Waals surface area contributed by atoms with Gasteiger partial charge in [-0.1, -0.05) is 23.2 Å². The van der Waals surface area contributed by atoms with Crippen LogP contribution in [0.25, 0.3) is 11.3 Å². The number of thioether (sulfide) groups is 1. The second-order valence-electron chi connectivity index (χ2n) is 5.69. The summed E-state index contributed by atoms with van der Waals surface area (Å²) < 4.78 is 1.14. The molecule has 0 saturated carbocycles. The van der Waals surface area contributed by atoms with Crippen molar-refractivity contribution in [1.29, 1.82) is 0 Å². The summed E-state index contributed by atoms with van der Waals surface area (Å²) >= 11 is 16.2. The number of amides is 2. The van der Waals surface area contributed by atoms with E-state index < -0.39 is 0 Å². The van der Waals surface area contributed by atoms with Crippen LogP contribution < -0.4 is 10.6 Å². The van der Waals surface area contributed by atoms with Crippen LogP contribution in [0.2, 0.25) is 8.67 Å². The molecule has 0 spiro atoms. The number of halogens is 2. The molecule has 2 amide bonds. The zero-order valence-electron chi connectivity index (χ0n) is 13.7. The van der Waals surface area contributed by atoms with E-state index in [9.17, 15) is 9.59 Å². The topological polar surface area (TPSA) is 71.1 Å². The van der Waals surface area contributed by atoms with Crippen LogP contribution in [0.15, 0.2) is 34.5 Å². The lowest BCUT2D eigenvalue weighted by Gasteiger charge is -2.21. The first-order valence-electron chi connectivity index (χ1n) is 7.74. The maximum absolute atomic E-state index is 12.6. The highest BCUT2D eigenvalue weighted by atomic mass is 35.5. The Morgan fingerprint density at radius 3 is 2.85 bits per heavy atom. The molecule has 0 fully saturated rings. The van der Waals surface area contributed by atoms with Gasteiger partial charge in [-0.05, 0) is 31.2 Å². The number of hydrogen-bond donors (Lipinski definition) is 2. The quantitative estimate of drug-likeness (QED) is 0.518. The minimum absolute atomic E-state index is 0.0686. The number of anilines is 2. The fraction of sp³-hybridized carbons (Fsp3) is 0.118. The number of carbonyl (C=O) groups is 2. The standard InChI is InChI=1S/C17H11Cl2N3O2S3/c1-7-15(23)20-10-4-8(2-3-12(10)26-7)16(24)22-17-21-11(6-25-17)9-5-13(18)27-14(9)19/h2-7H,1H3,(H,20,23)(H,21,22,24). The number of nitrogens with one attached hydrogen (secondary N) is 2. The Balaban J connectivity index is 1.53. The van der Waals surface area contributed by atoms with Crippen LogP contribution in [-0.2, 0) is 4.79 Å². The van der Waals surface area contributed by atoms with Gasteiger partial charge in [0.25, 0.3) is 5.91 Å². The molecule has 5 nitrogen and oxygen atoms in total. The van der Waals surface area contributed by atoms with Crippen molar-refractivity contribution >= 4 is 80.3 Å². The molecule has 2 aromatic heterocycles. The zero-order valence-corrected chi connectivity index (χ0v) is 17.7. The molecule has 138 valence electrons. The third-order valence-electron chi connectivity index (χ3n) is 3.83. The molecular weight excluding hydrogens is 445 g/mol. The molecule has 0 aliphatic carbocycles. The summed E-state index contributed by atoms with van der Waals surface area (Å²) in [5.74, 6) is -0.369. The lowest BCUT2D eigenvalue weighted by Crippen LogP contribution is -2.26. The largest absolute Gasteiger partial charge is 0.324 e. The lowest BCUT2D eigenvalue weighted by atomic mass is 10.2. The molecule has 3 heterocycles. The van der Waals surface area contributed by atoms with Gasteiger partial charge in [-0.25, -0.2) is 4.98 Å². The summed E-state index contributed by atoms with van der Waals surface area (Å²) in [4.78, 5) is 29.7. The van der Waals surface area contributed by atoms with E-state index in [1.807, 2.05) is 18.4 Å². The molecule has 1 aliphatic rings. The van der Waals surface area contributed by atoms with E-state index in [2.05, 4.69) is 15.6 Å². The minimum atomic E-state index is -0.300. The van der Waals surface area contributed by atoms with Gasteiger partial charge in [-0.3, -0.25) is 14.9 Å². The fourth-order valence-electron chi connectivity index (χ4n) is 2.49. The molecule has 0 radical (unpaired) electrons. The molecule has 27 heavy (non-hydrogen) atoms. The van der Waals surface area contributed by atoms with Crippen LogP contribution in [0.1, 0.15) is 17.3 Å². The zero-order chi connectivity index (χ0) is 19.1. The minimum Gasteiger partial charge on any atom is -0.324 e. The fourth-order valence-corrected chi connectivity index (χ4v) is 5.61. The molecule has 4 rings (SSSR count). The first kappa shape index (κ1) is 18.8. The molecule has 0 bridgehead atoms. The van der Waals surface area contributed by atoms with Gasteiger partial charge in [0.2, 0.25) is 5.91 Å². The number of rotatable bonds is 3. The summed E-state index contributed by atoms with van der Waals surface area (Å²) in [6.07, 6.45) is 0. The molecule has 1 unspecified atom stereocenters. The average Bonchev–Trinajstić information content (AvgIpc) is 3.21. The maximum Gasteiger partial charge on any atom is 0.257 e. The molecule has 3 aromatic rings. The van der Waals surface area contributed by atoms with Crippen LogP contribution in [0.4, 0.5) is 10.8 Å². The van der Waals surface area contributed by atoms with Crippen molar-refractivity contribution < 1.29 is 9.59 Å². The average molecular weight is 456 g/mol. The van der Waals surface area contributed by atoms with Crippen molar-refractivity contribution in [3.63, 3.8) is 0 Å². The van der Waals surface area contributed by atoms with E-state index in [1.165, 1.54) is 34.4 Å². The van der Waals surface area contributed by atoms with E-state index in [1.54, 1.807) is 18.2 Å². The lowest BCUT2D eigenvalue weighted by molar-refractivity contribution is -0.115. The second kappa shape index (κ2) is 7.44. The van der Waals surface area contributed by atoms with E-state index in [0.29, 0.717) is 30.7 Å². The number of hydrogen-bond acceptors (Lipinski definition) is 6. The van der Waals surface area contributed by atoms with E-state index in [0.717, 1.165) is 10.5 Å². The Morgan fingerprint density at radius 1 is 1.30 bits per heavy atom. The monoisotopic (exact) mass is 455 g/mol. The molecule has 10 heteroatoms. The third kappa shape index (κ3) is 3.86. The number of carbonyl (C=O) groups excluding carboxylic acids is 2. The Hall–Kier alpha value is -1.58. The normalized spacial score (nSPS) is 16.0. The van der Waals surface area contributed by atoms with Gasteiger partial charge >= 0.3 is 0 Å². The summed E-state index contributed by atoms with van der Waals surface area (Å²) in [5.41, 5.74) is 2.49. The number of thiophene rings is 1. The van der Waals surface area contributed by atoms with Gasteiger partial charge in [0.05, 0.1) is 21.0 Å². The SMILES string of the molecule is CC1Sc2ccc(C(=O)Nc3nc(-c4cc(Cl)sc4Cl)cs3)cc2NC1=O. The van der Waals surface area contributed by atoms with Crippen molar-refractivity contribution in [1.82, 2.24) is 4.98 Å². The van der Waals surface area contributed by atoms with Gasteiger partial charge in [-0.2, -0.15) is 0 Å². The van der Waals surface area contributed by atoms with Crippen molar-refractivity contribution in [2.75, 3.05) is 10.6 Å². The Morgan fingerprint density at radius 2 is 2.11 bits per heavy atom. The van der Waals surface area contributed by atoms with Crippen molar-refractivity contribution in [2.24, 2.45) is 0 Å². The summed E-state index contributed by atoms with van der Waals surface area (Å²) in [6.45, 7) is 1.84. The van der Waals surface area contributed by atoms with Crippen LogP contribution in [0.3, 0.4) is 0 Å². The van der Waals surface area contributed by atoms with Crippen LogP contribution in [-0.4, -0.2) is 22.0 Å². The van der Waals surface area contributed by atoms with Gasteiger partial charge in [0.1, 0.15) is 4.34 Å². The number of benzene rings is 1. The maximum atomic E-state index is 12.6. The Bertz CT molecular complexity index is 1060. The summed E-state index contributed by atoms with van der Waals surface area (Å²) in [5, 5.41) is 7.72. The summed E-state index contributed by atoms with van der Waals surface area (Å²) in [6, 6.07) is 6.99. The highest BCUT2D eigenvalue weighted by molar-refractivity contribution is 8.00.